The zero-order valence-electron chi connectivity index (χ0n) is 58.1. The Morgan fingerprint density at radius 3 is 1.72 bits per heavy atom. The molecule has 3 aliphatic rings. The molecule has 1 saturated heterocycles. The molecule has 2 aromatic carbocycles. The fraction of sp³-hybridized carbons (Fsp3) is 0.523. The van der Waals surface area contributed by atoms with Gasteiger partial charge in [-0.1, -0.05) is 59.3 Å². The van der Waals surface area contributed by atoms with E-state index >= 15 is 0 Å². The van der Waals surface area contributed by atoms with E-state index in [0.717, 1.165) is 39.3 Å². The number of aliphatic imine (C=N–C) groups is 5. The molecule has 5 rings (SSSR count). The molecule has 2 unspecified atom stereocenters. The third-order valence-corrected chi connectivity index (χ3v) is 19.9. The lowest BCUT2D eigenvalue weighted by atomic mass is 9.81. The summed E-state index contributed by atoms with van der Waals surface area (Å²) in [4.78, 5) is 133. The van der Waals surface area contributed by atoms with Gasteiger partial charge in [0.15, 0.2) is 23.8 Å². The molecule has 37 heteroatoms. The van der Waals surface area contributed by atoms with Gasteiger partial charge < -0.3 is 87.6 Å². The van der Waals surface area contributed by atoms with E-state index in [9.17, 15) is 60.1 Å². The minimum absolute atomic E-state index is 0.0154. The number of thioether (sulfide) groups is 1. The van der Waals surface area contributed by atoms with Gasteiger partial charge in [0.1, 0.15) is 24.2 Å². The molecule has 0 bridgehead atoms. The zero-order valence-corrected chi connectivity index (χ0v) is 60.5. The van der Waals surface area contributed by atoms with Gasteiger partial charge in [-0.2, -0.15) is 8.42 Å². The molecule has 560 valence electrons. The van der Waals surface area contributed by atoms with Crippen LogP contribution in [0.3, 0.4) is 0 Å². The maximum Gasteiger partial charge on any atom is 0.294 e. The Labute approximate surface area is 600 Å². The van der Waals surface area contributed by atoms with E-state index in [2.05, 4.69) is 51.5 Å². The second kappa shape index (κ2) is 39.1. The van der Waals surface area contributed by atoms with Crippen LogP contribution >= 0.6 is 11.8 Å². The highest BCUT2D eigenvalue weighted by molar-refractivity contribution is 8.00. The average molecular weight is 1480 g/mol. The number of anilines is 1. The average Bonchev–Trinajstić information content (AvgIpc) is 1.59. The highest BCUT2D eigenvalue weighted by Crippen LogP contribution is 2.49. The number of hydrogen-bond donors (Lipinski definition) is 15. The van der Waals surface area contributed by atoms with Crippen molar-refractivity contribution in [2.75, 3.05) is 56.5 Å². The topological polar surface area (TPSA) is 594 Å². The summed E-state index contributed by atoms with van der Waals surface area (Å²) in [6.45, 7) is 10.2. The lowest BCUT2D eigenvalue weighted by molar-refractivity contribution is -0.138. The van der Waals surface area contributed by atoms with Gasteiger partial charge >= 0.3 is 0 Å². The van der Waals surface area contributed by atoms with Crippen LogP contribution in [0.25, 0.3) is 0 Å². The summed E-state index contributed by atoms with van der Waals surface area (Å²) in [5, 5.41) is 12.4. The normalized spacial score (nSPS) is 17.3. The summed E-state index contributed by atoms with van der Waals surface area (Å²) in [5.74, 6) is -7.07. The van der Waals surface area contributed by atoms with Crippen molar-refractivity contribution in [3.05, 3.63) is 83.6 Å². The molecule has 34 nitrogen and oxygen atoms in total. The number of imide groups is 1. The third kappa shape index (κ3) is 25.3. The van der Waals surface area contributed by atoms with Crippen molar-refractivity contribution in [2.24, 2.45) is 82.5 Å². The number of carbonyl (C=O) groups is 8. The molecule has 2 aromatic rings. The number of benzene rings is 2. The quantitative estimate of drug-likeness (QED) is 0.00731. The lowest BCUT2D eigenvalue weighted by Gasteiger charge is -2.27. The third-order valence-electron chi connectivity index (χ3n) is 17.1. The standard InChI is InChI=1S/C65H99N21O13S3/c1-38(16-12-27-76-60(67)68)55(90)81-44(17-13-28-77-61(69)70)56(91)82-45(18-14-29-78-62(71)72)57(92)83-46(19-15-30-79-63(73)74)58(93)84-47(54(66)89)37-100-49-36-53(88)86(59(49)94)33-31-75-52(87)22-10-7-11-32-85-48-26-24-40(102(97,98)99)35-42(48)65(4,5)51(85)21-9-6-8-20-50-64(2,3)41-34-39(101(95)96)23-25-43(41)80-50/h6,8-9,20-21,23-26,34-35,38,44-47,49H,7,10-19,22,27-33,36-37H2,1-5H3,(H2,66,89)(H,75,87)(H,81,90)(H,82,91)(H,83,92)(H,84,93)(H,95,96)(H4,67,68,76)(H4,69,70,77)(H4,71,72,78)(H4,73,74,79)(H,97,98,99)/p-1/b9-6+,20-8+,51-21+/t38-,44-,45-,46-,47-,49?/m1/s1. The van der Waals surface area contributed by atoms with E-state index in [1.54, 1.807) is 25.1 Å². The van der Waals surface area contributed by atoms with Gasteiger partial charge in [0, 0.05) is 97.4 Å². The molecular weight excluding hydrogens is 1380 g/mol. The lowest BCUT2D eigenvalue weighted by Crippen LogP contribution is -2.58. The van der Waals surface area contributed by atoms with Gasteiger partial charge in [-0.05, 0) is 135 Å². The first-order valence-corrected chi connectivity index (χ1v) is 36.8. The number of primary amides is 1. The Morgan fingerprint density at radius 2 is 1.20 bits per heavy atom. The summed E-state index contributed by atoms with van der Waals surface area (Å²) in [6, 6.07) is 3.87. The van der Waals surface area contributed by atoms with E-state index in [1.165, 1.54) is 18.2 Å². The number of likely N-dealkylation sites (tertiary alicyclic amines) is 1. The fourth-order valence-corrected chi connectivity index (χ4v) is 13.6. The molecular formula is C65H98N21O13S3-. The number of amides is 8. The summed E-state index contributed by atoms with van der Waals surface area (Å²) in [5.41, 5.74) is 53.0. The van der Waals surface area contributed by atoms with Crippen molar-refractivity contribution in [1.29, 1.82) is 0 Å². The number of nitrogens with two attached hydrogens (primary N) is 9. The largest absolute Gasteiger partial charge is 0.768 e. The van der Waals surface area contributed by atoms with E-state index in [1.807, 2.05) is 58.1 Å². The number of nitrogens with zero attached hydrogens (tertiary/aromatic N) is 7. The first-order valence-electron chi connectivity index (χ1n) is 33.3. The molecule has 102 heavy (non-hydrogen) atoms. The molecule has 0 aliphatic carbocycles. The molecule has 0 saturated carbocycles. The monoisotopic (exact) mass is 1480 g/mol. The molecule has 0 spiro atoms. The van der Waals surface area contributed by atoms with Crippen LogP contribution in [0.2, 0.25) is 0 Å². The smallest absolute Gasteiger partial charge is 0.294 e. The Hall–Kier alpha value is -9.46. The maximum atomic E-state index is 14.3. The van der Waals surface area contributed by atoms with Crippen LogP contribution in [-0.2, 0) is 70.4 Å². The summed E-state index contributed by atoms with van der Waals surface area (Å²) in [7, 11) is -4.52. The molecule has 0 radical (unpaired) electrons. The number of guanidine groups is 4. The van der Waals surface area contributed by atoms with Gasteiger partial charge in [0.2, 0.25) is 47.3 Å². The van der Waals surface area contributed by atoms with Crippen LogP contribution in [0.15, 0.2) is 107 Å². The minimum atomic E-state index is -4.52. The molecule has 8 amide bonds. The minimum Gasteiger partial charge on any atom is -0.768 e. The Bertz CT molecular complexity index is 3760. The molecule has 3 heterocycles. The van der Waals surface area contributed by atoms with Crippen LogP contribution in [-0.4, -0.2) is 184 Å². The van der Waals surface area contributed by atoms with Crippen molar-refractivity contribution in [1.82, 2.24) is 31.5 Å². The number of unbranched alkanes of at least 4 members (excludes halogenated alkanes) is 2. The van der Waals surface area contributed by atoms with Gasteiger partial charge in [0.05, 0.1) is 21.5 Å². The molecule has 3 aliphatic heterocycles. The Balaban J connectivity index is 1.17. The van der Waals surface area contributed by atoms with E-state index in [-0.39, 0.29) is 136 Å². The van der Waals surface area contributed by atoms with Gasteiger partial charge in [-0.15, -0.1) is 11.8 Å². The second-order valence-corrected chi connectivity index (χ2v) is 29.3. The second-order valence-electron chi connectivity index (χ2n) is 25.7. The predicted molar refractivity (Wildman–Crippen MR) is 392 cm³/mol. The molecule has 0 aromatic heterocycles. The molecule has 7 atom stereocenters. The maximum absolute atomic E-state index is 14.3. The number of hydrogen-bond acceptors (Lipinski definition) is 19. The van der Waals surface area contributed by atoms with Crippen molar-refractivity contribution in [3.8, 4) is 0 Å². The highest BCUT2D eigenvalue weighted by atomic mass is 32.2. The Kier molecular flexibility index (Phi) is 31.9. The van der Waals surface area contributed by atoms with Gasteiger partial charge in [-0.3, -0.25) is 77.0 Å². The van der Waals surface area contributed by atoms with Crippen molar-refractivity contribution >= 4 is 121 Å². The van der Waals surface area contributed by atoms with Crippen LogP contribution < -0.4 is 83.1 Å². The van der Waals surface area contributed by atoms with E-state index < -0.39 is 109 Å². The van der Waals surface area contributed by atoms with Crippen LogP contribution in [0.5, 0.6) is 0 Å². The van der Waals surface area contributed by atoms with Crippen molar-refractivity contribution in [3.63, 3.8) is 0 Å². The van der Waals surface area contributed by atoms with Crippen molar-refractivity contribution in [2.45, 2.75) is 168 Å². The molecule has 24 N–H and O–H groups in total. The summed E-state index contributed by atoms with van der Waals surface area (Å²) in [6.07, 6.45) is 12.0. The molecule has 1 fully saturated rings. The number of allylic oxidation sites excluding steroid dienone is 6. The number of carbonyl (C=O) groups excluding carboxylic acids is 8. The summed E-state index contributed by atoms with van der Waals surface area (Å²) < 4.78 is 57.8. The van der Waals surface area contributed by atoms with E-state index in [4.69, 9.17) is 56.6 Å². The number of nitrogens with one attached hydrogen (secondary N) is 5. The SMILES string of the molecule is C[C@H](CCCN=C(N)N)C(=O)N[C@H](CCCN=C(N)N)C(=O)N[C@H](CCCN=C(N)N)C(=O)N[C@H](CCCN=C(N)N)C(=O)N[C@H](CSC1CC(=O)N(CCNC(=O)CCCCCN2/C(=C/C=C/C=C/C3=Nc4ccc(S(=O)[O-])cc4C3(C)C)C(C)(C)c3cc(S(=O)(=O)O)ccc32)C1=O)C(N)=O. The number of fused-ring (bicyclic) bond motifs is 2. The summed E-state index contributed by atoms with van der Waals surface area (Å²) >= 11 is -1.50. The first-order chi connectivity index (χ1) is 48.0. The van der Waals surface area contributed by atoms with Crippen molar-refractivity contribution < 1.29 is 60.1 Å². The van der Waals surface area contributed by atoms with Crippen LogP contribution in [0.1, 0.15) is 129 Å². The fourth-order valence-electron chi connectivity index (χ4n) is 11.5. The van der Waals surface area contributed by atoms with Crippen LogP contribution in [0, 0.1) is 5.92 Å². The van der Waals surface area contributed by atoms with Crippen LogP contribution in [0.4, 0.5) is 11.4 Å². The van der Waals surface area contributed by atoms with Gasteiger partial charge in [0.25, 0.3) is 10.1 Å². The first kappa shape index (κ1) is 83.2. The zero-order chi connectivity index (χ0) is 75.6. The van der Waals surface area contributed by atoms with Gasteiger partial charge in [-0.25, -0.2) is 0 Å². The predicted octanol–water partition coefficient (Wildman–Crippen LogP) is -0.859. The highest BCUT2D eigenvalue weighted by Gasteiger charge is 2.42. The number of rotatable bonds is 42. The Morgan fingerprint density at radius 1 is 0.667 bits per heavy atom. The van der Waals surface area contributed by atoms with E-state index in [0.29, 0.717) is 49.9 Å².